The van der Waals surface area contributed by atoms with Crippen LogP contribution in [0, 0.1) is 0 Å². The van der Waals surface area contributed by atoms with Crippen LogP contribution in [0.15, 0.2) is 41.3 Å². The van der Waals surface area contributed by atoms with Crippen molar-refractivity contribution >= 4 is 27.3 Å². The van der Waals surface area contributed by atoms with Crippen LogP contribution in [0.25, 0.3) is 0 Å². The molecule has 198 valence electrons. The molecule has 36 heavy (non-hydrogen) atoms. The number of hydrogen-bond donors (Lipinski definition) is 1. The van der Waals surface area contributed by atoms with Gasteiger partial charge < -0.3 is 10.2 Å². The number of likely N-dealkylation sites (tertiary alicyclic amines) is 1. The van der Waals surface area contributed by atoms with Gasteiger partial charge in [0.25, 0.3) is 5.91 Å². The maximum Gasteiger partial charge on any atom is 0.416 e. The van der Waals surface area contributed by atoms with Crippen LogP contribution in [0.3, 0.4) is 0 Å². The number of hydrogen-bond acceptors (Lipinski definition) is 5. The van der Waals surface area contributed by atoms with Crippen molar-refractivity contribution in [3.8, 4) is 0 Å². The van der Waals surface area contributed by atoms with Gasteiger partial charge in [0.2, 0.25) is 0 Å². The fourth-order valence-electron chi connectivity index (χ4n) is 4.38. The number of rotatable bonds is 8. The maximum absolute atomic E-state index is 13.9. The molecule has 1 saturated heterocycles. The van der Waals surface area contributed by atoms with E-state index in [1.165, 1.54) is 37.3 Å². The highest BCUT2D eigenvalue weighted by Crippen LogP contribution is 2.34. The monoisotopic (exact) mass is 545 g/mol. The molecule has 2 aromatic rings. The van der Waals surface area contributed by atoms with E-state index in [-0.39, 0.29) is 51.5 Å². The summed E-state index contributed by atoms with van der Waals surface area (Å²) in [5.74, 6) is -0.879. The molecule has 0 radical (unpaired) electrons. The van der Waals surface area contributed by atoms with Crippen molar-refractivity contribution in [2.75, 3.05) is 32.9 Å². The van der Waals surface area contributed by atoms with Crippen molar-refractivity contribution in [3.63, 3.8) is 0 Å². The third-order valence-corrected chi connectivity index (χ3v) is 8.52. The normalized spacial score (nSPS) is 17.4. The van der Waals surface area contributed by atoms with Crippen LogP contribution in [-0.4, -0.2) is 63.1 Å². The SMILES string of the molecule is CCS(=O)(=O)c1ccc(Cl)cc1CNC(=O)c1ccc(CN2CCCC(N(C)C)C2)c(C(F)(F)F)c1. The average molecular weight is 546 g/mol. The predicted octanol–water partition coefficient (Wildman–Crippen LogP) is 4.61. The number of benzene rings is 2. The van der Waals surface area contributed by atoms with Gasteiger partial charge in [-0.25, -0.2) is 8.42 Å². The fraction of sp³-hybridized carbons (Fsp3) is 0.480. The van der Waals surface area contributed by atoms with E-state index >= 15 is 0 Å². The van der Waals surface area contributed by atoms with Crippen LogP contribution >= 0.6 is 11.6 Å². The number of carbonyl (C=O) groups excluding carboxylic acids is 1. The Balaban J connectivity index is 1.80. The largest absolute Gasteiger partial charge is 0.416 e. The molecule has 1 aliphatic heterocycles. The molecule has 0 aliphatic carbocycles. The number of carbonyl (C=O) groups is 1. The van der Waals surface area contributed by atoms with Gasteiger partial charge in [0.05, 0.1) is 16.2 Å². The molecule has 1 fully saturated rings. The number of alkyl halides is 3. The van der Waals surface area contributed by atoms with Gasteiger partial charge >= 0.3 is 6.18 Å². The van der Waals surface area contributed by atoms with Gasteiger partial charge in [0.15, 0.2) is 9.84 Å². The number of halogens is 4. The summed E-state index contributed by atoms with van der Waals surface area (Å²) in [4.78, 5) is 16.9. The zero-order chi connectivity index (χ0) is 26.7. The Morgan fingerprint density at radius 2 is 1.89 bits per heavy atom. The lowest BCUT2D eigenvalue weighted by Gasteiger charge is -2.36. The Morgan fingerprint density at radius 3 is 2.53 bits per heavy atom. The number of nitrogens with zero attached hydrogens (tertiary/aromatic N) is 2. The first-order chi connectivity index (χ1) is 16.8. The summed E-state index contributed by atoms with van der Waals surface area (Å²) in [6.45, 7) is 2.83. The molecule has 0 bridgehead atoms. The van der Waals surface area contributed by atoms with E-state index in [0.29, 0.717) is 13.1 Å². The average Bonchev–Trinajstić information content (AvgIpc) is 2.82. The number of sulfone groups is 1. The Kier molecular flexibility index (Phi) is 9.08. The smallest absolute Gasteiger partial charge is 0.348 e. The predicted molar refractivity (Wildman–Crippen MR) is 134 cm³/mol. The van der Waals surface area contributed by atoms with E-state index in [1.54, 1.807) is 0 Å². The maximum atomic E-state index is 13.9. The minimum absolute atomic E-state index is 0.0265. The molecular formula is C25H31ClF3N3O3S. The van der Waals surface area contributed by atoms with Crippen molar-refractivity contribution < 1.29 is 26.4 Å². The summed E-state index contributed by atoms with van der Waals surface area (Å²) in [7, 11) is 0.350. The van der Waals surface area contributed by atoms with Gasteiger partial charge in [0.1, 0.15) is 0 Å². The van der Waals surface area contributed by atoms with Crippen molar-refractivity contribution in [2.45, 2.75) is 50.0 Å². The van der Waals surface area contributed by atoms with Crippen LogP contribution in [0.2, 0.25) is 5.02 Å². The van der Waals surface area contributed by atoms with Gasteiger partial charge in [-0.15, -0.1) is 0 Å². The third-order valence-electron chi connectivity index (χ3n) is 6.46. The molecule has 0 saturated carbocycles. The Bertz CT molecular complexity index is 1200. The summed E-state index contributed by atoms with van der Waals surface area (Å²) < 4.78 is 66.5. The molecule has 1 unspecified atom stereocenters. The number of nitrogens with one attached hydrogen (secondary N) is 1. The Hall–Kier alpha value is -2.14. The molecule has 11 heteroatoms. The Morgan fingerprint density at radius 1 is 1.17 bits per heavy atom. The van der Waals surface area contributed by atoms with E-state index in [4.69, 9.17) is 11.6 Å². The number of piperidine rings is 1. The summed E-state index contributed by atoms with van der Waals surface area (Å²) in [5.41, 5.74) is -0.618. The van der Waals surface area contributed by atoms with Crippen LogP contribution in [0.4, 0.5) is 13.2 Å². The molecule has 1 heterocycles. The molecule has 1 aliphatic rings. The molecule has 2 aromatic carbocycles. The van der Waals surface area contributed by atoms with E-state index < -0.39 is 27.5 Å². The number of amides is 1. The van der Waals surface area contributed by atoms with E-state index in [0.717, 1.165) is 18.9 Å². The van der Waals surface area contributed by atoms with Crippen LogP contribution in [0.5, 0.6) is 0 Å². The first kappa shape index (κ1) is 28.4. The minimum atomic E-state index is -4.63. The zero-order valence-electron chi connectivity index (χ0n) is 20.5. The molecule has 1 amide bonds. The highest BCUT2D eigenvalue weighted by atomic mass is 35.5. The lowest BCUT2D eigenvalue weighted by atomic mass is 10.00. The lowest BCUT2D eigenvalue weighted by Crippen LogP contribution is -2.44. The van der Waals surface area contributed by atoms with Crippen molar-refractivity contribution in [1.29, 1.82) is 0 Å². The lowest BCUT2D eigenvalue weighted by molar-refractivity contribution is -0.138. The highest BCUT2D eigenvalue weighted by Gasteiger charge is 2.35. The molecular weight excluding hydrogens is 515 g/mol. The van der Waals surface area contributed by atoms with Gasteiger partial charge in [-0.05, 0) is 74.9 Å². The number of likely N-dealkylation sites (N-methyl/N-ethyl adjacent to an activating group) is 1. The molecule has 0 spiro atoms. The topological polar surface area (TPSA) is 69.7 Å². The first-order valence-corrected chi connectivity index (χ1v) is 13.7. The first-order valence-electron chi connectivity index (χ1n) is 11.7. The minimum Gasteiger partial charge on any atom is -0.348 e. The molecule has 6 nitrogen and oxygen atoms in total. The van der Waals surface area contributed by atoms with Crippen LogP contribution < -0.4 is 5.32 Å². The Labute approximate surface area is 215 Å². The third kappa shape index (κ3) is 7.00. The molecule has 1 N–H and O–H groups in total. The van der Waals surface area contributed by atoms with Gasteiger partial charge in [-0.1, -0.05) is 24.6 Å². The summed E-state index contributed by atoms with van der Waals surface area (Å²) >= 11 is 6.00. The van der Waals surface area contributed by atoms with Gasteiger partial charge in [0, 0.05) is 36.3 Å². The van der Waals surface area contributed by atoms with Gasteiger partial charge in [-0.3, -0.25) is 9.69 Å². The second-order valence-corrected chi connectivity index (χ2v) is 11.9. The van der Waals surface area contributed by atoms with E-state index in [9.17, 15) is 26.4 Å². The van der Waals surface area contributed by atoms with Gasteiger partial charge in [-0.2, -0.15) is 13.2 Å². The fourth-order valence-corrected chi connectivity index (χ4v) is 5.69. The van der Waals surface area contributed by atoms with Crippen LogP contribution in [0.1, 0.15) is 46.8 Å². The molecule has 1 atom stereocenters. The zero-order valence-corrected chi connectivity index (χ0v) is 22.1. The van der Waals surface area contributed by atoms with Crippen LogP contribution in [-0.2, 0) is 29.1 Å². The summed E-state index contributed by atoms with van der Waals surface area (Å²) in [5, 5.41) is 2.82. The summed E-state index contributed by atoms with van der Waals surface area (Å²) in [6, 6.07) is 8.09. The summed E-state index contributed by atoms with van der Waals surface area (Å²) in [6.07, 6.45) is -2.72. The standard InChI is InChI=1S/C25H31ClF3N3O3S/c1-4-36(34,35)23-10-9-20(26)12-19(23)14-30-24(33)17-7-8-18(22(13-17)25(27,28)29)15-32-11-5-6-21(16-32)31(2)3/h7-10,12-13,21H,4-6,11,14-16H2,1-3H3,(H,30,33). The van der Waals surface area contributed by atoms with E-state index in [1.807, 2.05) is 19.0 Å². The molecule has 0 aromatic heterocycles. The molecule has 3 rings (SSSR count). The van der Waals surface area contributed by atoms with Crippen molar-refractivity contribution in [1.82, 2.24) is 15.1 Å². The van der Waals surface area contributed by atoms with Crippen molar-refractivity contribution in [2.24, 2.45) is 0 Å². The quantitative estimate of drug-likeness (QED) is 0.525. The second kappa shape index (κ2) is 11.5. The van der Waals surface area contributed by atoms with E-state index in [2.05, 4.69) is 10.2 Å². The van der Waals surface area contributed by atoms with Crippen molar-refractivity contribution in [3.05, 3.63) is 63.7 Å². The highest BCUT2D eigenvalue weighted by molar-refractivity contribution is 7.91. The second-order valence-electron chi connectivity index (χ2n) is 9.20.